The van der Waals surface area contributed by atoms with E-state index in [1.165, 1.54) is 11.1 Å². The fourth-order valence-electron chi connectivity index (χ4n) is 6.15. The highest BCUT2D eigenvalue weighted by Gasteiger charge is 2.16. The summed E-state index contributed by atoms with van der Waals surface area (Å²) < 4.78 is 6.10. The molecule has 0 spiro atoms. The molecule has 9 rings (SSSR count). The van der Waals surface area contributed by atoms with E-state index >= 15 is 0 Å². The molecule has 3 aromatic heterocycles. The summed E-state index contributed by atoms with van der Waals surface area (Å²) in [6, 6.07) is 53.7. The summed E-state index contributed by atoms with van der Waals surface area (Å²) in [7, 11) is 0. The molecule has 0 aliphatic heterocycles. The molecule has 0 aliphatic carbocycles. The first-order valence-corrected chi connectivity index (χ1v) is 15.6. The van der Waals surface area contributed by atoms with Gasteiger partial charge >= 0.3 is 0 Å². The number of furan rings is 1. The van der Waals surface area contributed by atoms with Gasteiger partial charge in [-0.15, -0.1) is 0 Å². The van der Waals surface area contributed by atoms with E-state index in [-0.39, 0.29) is 0 Å². The molecule has 220 valence electrons. The molecular formula is C42H26N4O. The first kappa shape index (κ1) is 26.9. The number of fused-ring (bicyclic) bond motifs is 4. The van der Waals surface area contributed by atoms with Crippen LogP contribution in [0.3, 0.4) is 0 Å². The molecule has 5 nitrogen and oxygen atoms in total. The van der Waals surface area contributed by atoms with Crippen LogP contribution in [0.2, 0.25) is 0 Å². The van der Waals surface area contributed by atoms with Gasteiger partial charge in [-0.1, -0.05) is 109 Å². The van der Waals surface area contributed by atoms with Crippen LogP contribution in [0.4, 0.5) is 0 Å². The number of nitrogens with zero attached hydrogens (tertiary/aromatic N) is 4. The van der Waals surface area contributed by atoms with Crippen LogP contribution < -0.4 is 0 Å². The summed E-state index contributed by atoms with van der Waals surface area (Å²) >= 11 is 0. The quantitative estimate of drug-likeness (QED) is 0.196. The average molecular weight is 603 g/mol. The SMILES string of the molecule is c1ccc(-c2cccc(-c3cccc(-c4nc(-c5ccc6oc7ccccc7c6c5)nc(-c5ccc6ccccc6n5)n4)c3)c2)cc1. The predicted octanol–water partition coefficient (Wildman–Crippen LogP) is 10.7. The summed E-state index contributed by atoms with van der Waals surface area (Å²) in [4.78, 5) is 20.0. The van der Waals surface area contributed by atoms with E-state index in [9.17, 15) is 0 Å². The van der Waals surface area contributed by atoms with Crippen LogP contribution in [-0.4, -0.2) is 19.9 Å². The summed E-state index contributed by atoms with van der Waals surface area (Å²) in [5.41, 5.74) is 9.58. The van der Waals surface area contributed by atoms with Gasteiger partial charge in [-0.3, -0.25) is 0 Å². The van der Waals surface area contributed by atoms with E-state index in [0.29, 0.717) is 23.2 Å². The molecule has 0 N–H and O–H groups in total. The Morgan fingerprint density at radius 3 is 1.77 bits per heavy atom. The van der Waals surface area contributed by atoms with Crippen molar-refractivity contribution >= 4 is 32.8 Å². The van der Waals surface area contributed by atoms with Gasteiger partial charge in [-0.25, -0.2) is 19.9 Å². The Morgan fingerprint density at radius 1 is 0.340 bits per heavy atom. The van der Waals surface area contributed by atoms with E-state index in [1.807, 2.05) is 66.7 Å². The van der Waals surface area contributed by atoms with Gasteiger partial charge in [0.05, 0.1) is 5.52 Å². The van der Waals surface area contributed by atoms with E-state index in [1.54, 1.807) is 0 Å². The minimum Gasteiger partial charge on any atom is -0.456 e. The van der Waals surface area contributed by atoms with Crippen molar-refractivity contribution in [3.05, 3.63) is 158 Å². The minimum absolute atomic E-state index is 0.518. The lowest BCUT2D eigenvalue weighted by molar-refractivity contribution is 0.669. The number of hydrogen-bond donors (Lipinski definition) is 0. The number of rotatable bonds is 5. The van der Waals surface area contributed by atoms with Gasteiger partial charge in [-0.05, 0) is 70.8 Å². The van der Waals surface area contributed by atoms with Crippen molar-refractivity contribution in [2.45, 2.75) is 0 Å². The van der Waals surface area contributed by atoms with Crippen LogP contribution in [0.25, 0.3) is 89.4 Å². The molecule has 0 saturated heterocycles. The van der Waals surface area contributed by atoms with Gasteiger partial charge in [0, 0.05) is 27.3 Å². The highest BCUT2D eigenvalue weighted by molar-refractivity contribution is 6.06. The van der Waals surface area contributed by atoms with Crippen LogP contribution >= 0.6 is 0 Å². The molecule has 0 radical (unpaired) electrons. The molecule has 0 bridgehead atoms. The van der Waals surface area contributed by atoms with Crippen LogP contribution in [0.15, 0.2) is 162 Å². The molecule has 0 unspecified atom stereocenters. The molecule has 0 atom stereocenters. The van der Waals surface area contributed by atoms with E-state index in [0.717, 1.165) is 55.1 Å². The minimum atomic E-state index is 0.518. The lowest BCUT2D eigenvalue weighted by atomic mass is 9.98. The van der Waals surface area contributed by atoms with Crippen molar-refractivity contribution < 1.29 is 4.42 Å². The van der Waals surface area contributed by atoms with Gasteiger partial charge in [0.15, 0.2) is 17.5 Å². The second-order valence-electron chi connectivity index (χ2n) is 11.5. The summed E-state index contributed by atoms with van der Waals surface area (Å²) in [6.07, 6.45) is 0. The number of hydrogen-bond acceptors (Lipinski definition) is 5. The normalized spacial score (nSPS) is 11.4. The maximum absolute atomic E-state index is 6.10. The fraction of sp³-hybridized carbons (Fsp3) is 0. The maximum Gasteiger partial charge on any atom is 0.182 e. The van der Waals surface area contributed by atoms with Crippen molar-refractivity contribution in [1.29, 1.82) is 0 Å². The third-order valence-corrected chi connectivity index (χ3v) is 8.52. The van der Waals surface area contributed by atoms with E-state index in [4.69, 9.17) is 24.4 Å². The average Bonchev–Trinajstić information content (AvgIpc) is 3.53. The smallest absolute Gasteiger partial charge is 0.182 e. The maximum atomic E-state index is 6.10. The Bertz CT molecular complexity index is 2590. The molecule has 0 aliphatic rings. The van der Waals surface area contributed by atoms with E-state index in [2.05, 4.69) is 91.0 Å². The number of aromatic nitrogens is 4. The number of pyridine rings is 1. The monoisotopic (exact) mass is 602 g/mol. The number of benzene rings is 6. The van der Waals surface area contributed by atoms with Gasteiger partial charge in [0.25, 0.3) is 0 Å². The first-order chi connectivity index (χ1) is 23.2. The molecule has 6 aromatic carbocycles. The molecule has 5 heteroatoms. The van der Waals surface area contributed by atoms with E-state index < -0.39 is 0 Å². The third kappa shape index (κ3) is 5.00. The Balaban J connectivity index is 1.20. The van der Waals surface area contributed by atoms with Crippen LogP contribution in [0.5, 0.6) is 0 Å². The van der Waals surface area contributed by atoms with Crippen LogP contribution in [-0.2, 0) is 0 Å². The van der Waals surface area contributed by atoms with Gasteiger partial charge in [0.2, 0.25) is 0 Å². The van der Waals surface area contributed by atoms with Crippen LogP contribution in [0, 0.1) is 0 Å². The molecule has 0 amide bonds. The zero-order valence-electron chi connectivity index (χ0n) is 25.2. The Hall–Kier alpha value is -6.46. The zero-order valence-corrected chi connectivity index (χ0v) is 25.2. The highest BCUT2D eigenvalue weighted by Crippen LogP contribution is 2.34. The standard InChI is InChI=1S/C42H26N4O/c1-2-10-27(11-3-1)29-13-8-14-30(24-29)31-15-9-16-32(25-31)40-44-41(33-21-23-39-35(26-33)34-17-5-7-19-38(34)47-39)46-42(45-40)37-22-20-28-12-4-6-18-36(28)43-37/h1-26H. The summed E-state index contributed by atoms with van der Waals surface area (Å²) in [5, 5.41) is 3.14. The zero-order chi connectivity index (χ0) is 31.2. The Labute approximate surface area is 270 Å². The van der Waals surface area contributed by atoms with Crippen molar-refractivity contribution in [2.75, 3.05) is 0 Å². The lowest BCUT2D eigenvalue weighted by Gasteiger charge is -2.10. The van der Waals surface area contributed by atoms with Crippen molar-refractivity contribution in [1.82, 2.24) is 19.9 Å². The molecular weight excluding hydrogens is 576 g/mol. The highest BCUT2D eigenvalue weighted by atomic mass is 16.3. The Kier molecular flexibility index (Phi) is 6.39. The largest absolute Gasteiger partial charge is 0.456 e. The predicted molar refractivity (Wildman–Crippen MR) is 190 cm³/mol. The second-order valence-corrected chi connectivity index (χ2v) is 11.5. The molecule has 47 heavy (non-hydrogen) atoms. The summed E-state index contributed by atoms with van der Waals surface area (Å²) in [5.74, 6) is 1.67. The molecule has 3 heterocycles. The molecule has 9 aromatic rings. The summed E-state index contributed by atoms with van der Waals surface area (Å²) in [6.45, 7) is 0. The molecule has 0 saturated carbocycles. The Morgan fingerprint density at radius 2 is 0.936 bits per heavy atom. The number of para-hydroxylation sites is 2. The first-order valence-electron chi connectivity index (χ1n) is 15.6. The third-order valence-electron chi connectivity index (χ3n) is 8.52. The lowest BCUT2D eigenvalue weighted by Crippen LogP contribution is -2.01. The topological polar surface area (TPSA) is 64.7 Å². The van der Waals surface area contributed by atoms with Crippen LogP contribution in [0.1, 0.15) is 0 Å². The van der Waals surface area contributed by atoms with Crippen molar-refractivity contribution in [3.63, 3.8) is 0 Å². The second kappa shape index (κ2) is 11.2. The van der Waals surface area contributed by atoms with Gasteiger partial charge in [0.1, 0.15) is 16.9 Å². The van der Waals surface area contributed by atoms with Gasteiger partial charge in [-0.2, -0.15) is 0 Å². The molecule has 0 fully saturated rings. The van der Waals surface area contributed by atoms with Gasteiger partial charge < -0.3 is 4.42 Å². The van der Waals surface area contributed by atoms with Crippen molar-refractivity contribution in [3.8, 4) is 56.5 Å². The fourth-order valence-corrected chi connectivity index (χ4v) is 6.15. The van der Waals surface area contributed by atoms with Crippen molar-refractivity contribution in [2.24, 2.45) is 0 Å².